The van der Waals surface area contributed by atoms with Gasteiger partial charge in [0.05, 0.1) is 23.3 Å². The maximum absolute atomic E-state index is 12.5. The van der Waals surface area contributed by atoms with Crippen molar-refractivity contribution in [3.05, 3.63) is 33.8 Å². The number of likely N-dealkylation sites (tertiary alicyclic amines) is 1. The standard InChI is InChI=1S/C19H24Cl2N2O3/c20-16-3-1-14(13-17(16)21)2-4-18(24)22-7-5-15(6-8-22)19(25)23-9-11-26-12-10-23/h1,3,13,15H,2,4-12H2. The maximum Gasteiger partial charge on any atom is 0.225 e. The summed E-state index contributed by atoms with van der Waals surface area (Å²) in [5.41, 5.74) is 1.00. The van der Waals surface area contributed by atoms with Crippen LogP contribution >= 0.6 is 23.2 Å². The van der Waals surface area contributed by atoms with Gasteiger partial charge in [0.1, 0.15) is 0 Å². The summed E-state index contributed by atoms with van der Waals surface area (Å²) >= 11 is 11.9. The van der Waals surface area contributed by atoms with Gasteiger partial charge < -0.3 is 14.5 Å². The van der Waals surface area contributed by atoms with E-state index in [0.717, 1.165) is 18.4 Å². The van der Waals surface area contributed by atoms with Crippen LogP contribution in [0.3, 0.4) is 0 Å². The molecule has 0 N–H and O–H groups in total. The monoisotopic (exact) mass is 398 g/mol. The first-order valence-electron chi connectivity index (χ1n) is 9.13. The van der Waals surface area contributed by atoms with Gasteiger partial charge in [-0.25, -0.2) is 0 Å². The van der Waals surface area contributed by atoms with E-state index >= 15 is 0 Å². The number of rotatable bonds is 4. The third kappa shape index (κ3) is 4.90. The maximum atomic E-state index is 12.5. The second kappa shape index (κ2) is 9.07. The van der Waals surface area contributed by atoms with Gasteiger partial charge in [-0.2, -0.15) is 0 Å². The number of morpholine rings is 1. The van der Waals surface area contributed by atoms with Gasteiger partial charge in [0.2, 0.25) is 11.8 Å². The van der Waals surface area contributed by atoms with Crippen LogP contribution in [0.5, 0.6) is 0 Å². The predicted octanol–water partition coefficient (Wildman–Crippen LogP) is 3.02. The van der Waals surface area contributed by atoms with Crippen molar-refractivity contribution < 1.29 is 14.3 Å². The number of ether oxygens (including phenoxy) is 1. The van der Waals surface area contributed by atoms with Crippen molar-refractivity contribution in [3.63, 3.8) is 0 Å². The molecule has 2 fully saturated rings. The average molecular weight is 399 g/mol. The number of piperidine rings is 1. The van der Waals surface area contributed by atoms with Gasteiger partial charge in [0.25, 0.3) is 0 Å². The molecule has 1 aromatic rings. The molecule has 0 unspecified atom stereocenters. The lowest BCUT2D eigenvalue weighted by Crippen LogP contribution is -2.47. The molecule has 26 heavy (non-hydrogen) atoms. The van der Waals surface area contributed by atoms with Crippen LogP contribution in [0.15, 0.2) is 18.2 Å². The quantitative estimate of drug-likeness (QED) is 0.782. The number of halogens is 2. The molecule has 0 radical (unpaired) electrons. The molecule has 0 bridgehead atoms. The van der Waals surface area contributed by atoms with Gasteiger partial charge in [-0.1, -0.05) is 29.3 Å². The van der Waals surface area contributed by atoms with Crippen molar-refractivity contribution in [2.45, 2.75) is 25.7 Å². The second-order valence-electron chi connectivity index (χ2n) is 6.84. The summed E-state index contributed by atoms with van der Waals surface area (Å²) in [4.78, 5) is 28.8. The van der Waals surface area contributed by atoms with Crippen LogP contribution in [0.4, 0.5) is 0 Å². The lowest BCUT2D eigenvalue weighted by molar-refractivity contribution is -0.143. The summed E-state index contributed by atoms with van der Waals surface area (Å²) in [6.07, 6.45) is 2.58. The molecule has 2 amide bonds. The molecule has 3 rings (SSSR count). The fraction of sp³-hybridized carbons (Fsp3) is 0.579. The van der Waals surface area contributed by atoms with Crippen LogP contribution in [0.25, 0.3) is 0 Å². The van der Waals surface area contributed by atoms with Crippen molar-refractivity contribution in [2.24, 2.45) is 5.92 Å². The highest BCUT2D eigenvalue weighted by Gasteiger charge is 2.30. The van der Waals surface area contributed by atoms with E-state index in [1.165, 1.54) is 0 Å². The number of hydrogen-bond donors (Lipinski definition) is 0. The van der Waals surface area contributed by atoms with E-state index in [9.17, 15) is 9.59 Å². The molecule has 1 aromatic carbocycles. The van der Waals surface area contributed by atoms with E-state index in [2.05, 4.69) is 0 Å². The molecular weight excluding hydrogens is 375 g/mol. The highest BCUT2D eigenvalue weighted by Crippen LogP contribution is 2.24. The first kappa shape index (κ1) is 19.5. The van der Waals surface area contributed by atoms with E-state index in [1.54, 1.807) is 6.07 Å². The lowest BCUT2D eigenvalue weighted by Gasteiger charge is -2.35. The Morgan fingerprint density at radius 2 is 1.69 bits per heavy atom. The zero-order valence-electron chi connectivity index (χ0n) is 14.8. The van der Waals surface area contributed by atoms with E-state index in [-0.39, 0.29) is 17.7 Å². The topological polar surface area (TPSA) is 49.9 Å². The number of amides is 2. The molecule has 0 aliphatic carbocycles. The highest BCUT2D eigenvalue weighted by molar-refractivity contribution is 6.42. The van der Waals surface area contributed by atoms with Crippen LogP contribution in [-0.4, -0.2) is 61.0 Å². The largest absolute Gasteiger partial charge is 0.378 e. The Bertz CT molecular complexity index is 654. The SMILES string of the molecule is O=C(CCc1ccc(Cl)c(Cl)c1)N1CCC(C(=O)N2CCOCC2)CC1. The van der Waals surface area contributed by atoms with Gasteiger partial charge in [0.15, 0.2) is 0 Å². The van der Waals surface area contributed by atoms with Crippen molar-refractivity contribution >= 4 is 35.0 Å². The van der Waals surface area contributed by atoms with E-state index < -0.39 is 0 Å². The smallest absolute Gasteiger partial charge is 0.225 e. The summed E-state index contributed by atoms with van der Waals surface area (Å²) in [6, 6.07) is 5.46. The number of nitrogens with zero attached hydrogens (tertiary/aromatic N) is 2. The van der Waals surface area contributed by atoms with Crippen LogP contribution in [0.2, 0.25) is 10.0 Å². The normalized spacial score (nSPS) is 18.8. The average Bonchev–Trinajstić information content (AvgIpc) is 2.69. The zero-order valence-corrected chi connectivity index (χ0v) is 16.3. The fourth-order valence-corrected chi connectivity index (χ4v) is 3.84. The Morgan fingerprint density at radius 3 is 2.35 bits per heavy atom. The Hall–Kier alpha value is -1.30. The molecule has 2 saturated heterocycles. The molecular formula is C19H24Cl2N2O3. The van der Waals surface area contributed by atoms with Gasteiger partial charge >= 0.3 is 0 Å². The van der Waals surface area contributed by atoms with Crippen LogP contribution < -0.4 is 0 Å². The Labute approximate surface area is 164 Å². The van der Waals surface area contributed by atoms with Gasteiger partial charge in [-0.3, -0.25) is 9.59 Å². The van der Waals surface area contributed by atoms with Crippen molar-refractivity contribution in [1.29, 1.82) is 0 Å². The van der Waals surface area contributed by atoms with Crippen LogP contribution in [-0.2, 0) is 20.7 Å². The Kier molecular flexibility index (Phi) is 6.79. The van der Waals surface area contributed by atoms with E-state index in [4.69, 9.17) is 27.9 Å². The van der Waals surface area contributed by atoms with E-state index in [0.29, 0.717) is 62.3 Å². The third-order valence-electron chi connectivity index (χ3n) is 5.13. The molecule has 142 valence electrons. The summed E-state index contributed by atoms with van der Waals surface area (Å²) in [7, 11) is 0. The van der Waals surface area contributed by atoms with Gasteiger partial charge in [-0.05, 0) is 37.0 Å². The Balaban J connectivity index is 1.44. The highest BCUT2D eigenvalue weighted by atomic mass is 35.5. The molecule has 7 heteroatoms. The molecule has 2 aliphatic heterocycles. The van der Waals surface area contributed by atoms with Gasteiger partial charge in [0, 0.05) is 38.5 Å². The lowest BCUT2D eigenvalue weighted by atomic mass is 9.94. The summed E-state index contributed by atoms with van der Waals surface area (Å²) < 4.78 is 5.30. The number of carbonyl (C=O) groups is 2. The minimum absolute atomic E-state index is 0.0345. The molecule has 0 atom stereocenters. The first-order valence-corrected chi connectivity index (χ1v) is 9.88. The van der Waals surface area contributed by atoms with Crippen molar-refractivity contribution in [3.8, 4) is 0 Å². The summed E-state index contributed by atoms with van der Waals surface area (Å²) in [5.74, 6) is 0.386. The molecule has 0 spiro atoms. The molecule has 2 aliphatic rings. The first-order chi connectivity index (χ1) is 12.5. The van der Waals surface area contributed by atoms with Crippen molar-refractivity contribution in [1.82, 2.24) is 9.80 Å². The van der Waals surface area contributed by atoms with Crippen LogP contribution in [0.1, 0.15) is 24.8 Å². The van der Waals surface area contributed by atoms with Crippen LogP contribution in [0, 0.1) is 5.92 Å². The molecule has 5 nitrogen and oxygen atoms in total. The number of hydrogen-bond acceptors (Lipinski definition) is 3. The molecule has 0 aromatic heterocycles. The van der Waals surface area contributed by atoms with Gasteiger partial charge in [-0.15, -0.1) is 0 Å². The minimum Gasteiger partial charge on any atom is -0.378 e. The third-order valence-corrected chi connectivity index (χ3v) is 5.87. The number of carbonyl (C=O) groups excluding carboxylic acids is 2. The number of benzene rings is 1. The summed E-state index contributed by atoms with van der Waals surface area (Å²) in [6.45, 7) is 3.92. The van der Waals surface area contributed by atoms with Crippen molar-refractivity contribution in [2.75, 3.05) is 39.4 Å². The fourth-order valence-electron chi connectivity index (χ4n) is 3.52. The zero-order chi connectivity index (χ0) is 18.5. The second-order valence-corrected chi connectivity index (χ2v) is 7.66. The Morgan fingerprint density at radius 1 is 1.00 bits per heavy atom. The van der Waals surface area contributed by atoms with E-state index in [1.807, 2.05) is 21.9 Å². The number of aryl methyl sites for hydroxylation is 1. The minimum atomic E-state index is 0.0345. The molecule has 0 saturated carbocycles. The summed E-state index contributed by atoms with van der Waals surface area (Å²) in [5, 5.41) is 1.04. The predicted molar refractivity (Wildman–Crippen MR) is 101 cm³/mol. The molecule has 2 heterocycles.